The van der Waals surface area contributed by atoms with E-state index in [9.17, 15) is 0 Å². The largest absolute Gasteiger partial charge is 0.325 e. The monoisotopic (exact) mass is 291 g/mol. The molecule has 2 heterocycles. The van der Waals surface area contributed by atoms with Gasteiger partial charge in [-0.3, -0.25) is 0 Å². The van der Waals surface area contributed by atoms with Gasteiger partial charge in [0.1, 0.15) is 5.82 Å². The van der Waals surface area contributed by atoms with Gasteiger partial charge in [-0.1, -0.05) is 6.42 Å². The zero-order valence-electron chi connectivity index (χ0n) is 7.76. The number of piperidine rings is 1. The topological polar surface area (TPSA) is 29.9 Å². The lowest BCUT2D eigenvalue weighted by Gasteiger charge is -2.22. The molecule has 0 saturated carbocycles. The van der Waals surface area contributed by atoms with Gasteiger partial charge in [0.25, 0.3) is 0 Å². The van der Waals surface area contributed by atoms with Crippen molar-refractivity contribution in [2.75, 3.05) is 6.54 Å². The number of aromatic nitrogens is 2. The maximum atomic E-state index is 4.43. The molecule has 1 aliphatic rings. The van der Waals surface area contributed by atoms with Crippen molar-refractivity contribution in [1.82, 2.24) is 14.9 Å². The Hall–Kier alpha value is -0.100. The smallest absolute Gasteiger partial charge is 0.126 e. The summed E-state index contributed by atoms with van der Waals surface area (Å²) in [7, 11) is 2.08. The molecule has 0 aromatic carbocycles. The van der Waals surface area contributed by atoms with Crippen LogP contribution in [0.4, 0.5) is 0 Å². The van der Waals surface area contributed by atoms with E-state index in [1.165, 1.54) is 28.8 Å². The van der Waals surface area contributed by atoms with Crippen LogP contribution in [0.5, 0.6) is 0 Å². The minimum atomic E-state index is 0.474. The Balaban J connectivity index is 2.18. The molecule has 0 spiro atoms. The summed E-state index contributed by atoms with van der Waals surface area (Å²) in [5.74, 6) is 1.18. The number of halogens is 1. The Morgan fingerprint density at radius 1 is 1.62 bits per heavy atom. The van der Waals surface area contributed by atoms with Gasteiger partial charge in [0, 0.05) is 7.05 Å². The first-order valence-corrected chi connectivity index (χ1v) is 5.77. The first-order valence-electron chi connectivity index (χ1n) is 4.69. The molecule has 2 rings (SSSR count). The fourth-order valence-corrected chi connectivity index (χ4v) is 2.18. The molecular weight excluding hydrogens is 277 g/mol. The van der Waals surface area contributed by atoms with Gasteiger partial charge >= 0.3 is 0 Å². The van der Waals surface area contributed by atoms with Gasteiger partial charge in [0.05, 0.1) is 15.9 Å². The number of nitrogens with one attached hydrogen (secondary N) is 1. The molecule has 0 bridgehead atoms. The van der Waals surface area contributed by atoms with Crippen LogP contribution in [0.15, 0.2) is 6.20 Å². The molecule has 1 aromatic heterocycles. The number of imidazole rings is 1. The van der Waals surface area contributed by atoms with Crippen LogP contribution in [0.3, 0.4) is 0 Å². The molecule has 3 nitrogen and oxygen atoms in total. The van der Waals surface area contributed by atoms with Crippen LogP contribution >= 0.6 is 22.6 Å². The molecule has 1 saturated heterocycles. The summed E-state index contributed by atoms with van der Waals surface area (Å²) in [5, 5.41) is 3.50. The Morgan fingerprint density at radius 2 is 2.46 bits per heavy atom. The second-order valence-corrected chi connectivity index (χ2v) is 4.61. The van der Waals surface area contributed by atoms with Gasteiger partial charge in [-0.2, -0.15) is 0 Å². The second kappa shape index (κ2) is 3.96. The first kappa shape index (κ1) is 9.45. The maximum absolute atomic E-state index is 4.43. The van der Waals surface area contributed by atoms with Crippen molar-refractivity contribution in [3.05, 3.63) is 15.7 Å². The molecule has 1 aromatic rings. The molecule has 1 atom stereocenters. The third-order valence-electron chi connectivity index (χ3n) is 2.59. The summed E-state index contributed by atoms with van der Waals surface area (Å²) in [6.07, 6.45) is 5.78. The molecule has 4 heteroatoms. The second-order valence-electron chi connectivity index (χ2n) is 3.50. The molecule has 72 valence electrons. The lowest BCUT2D eigenvalue weighted by Crippen LogP contribution is -2.28. The molecule has 1 aliphatic heterocycles. The van der Waals surface area contributed by atoms with Crippen molar-refractivity contribution in [2.45, 2.75) is 25.3 Å². The molecule has 1 unspecified atom stereocenters. The number of rotatable bonds is 1. The van der Waals surface area contributed by atoms with E-state index in [0.29, 0.717) is 6.04 Å². The highest BCUT2D eigenvalue weighted by molar-refractivity contribution is 14.1. The third kappa shape index (κ3) is 1.88. The van der Waals surface area contributed by atoms with Crippen molar-refractivity contribution in [3.63, 3.8) is 0 Å². The normalized spacial score (nSPS) is 23.4. The Bertz CT molecular complexity index is 289. The van der Waals surface area contributed by atoms with Crippen LogP contribution in [0.2, 0.25) is 0 Å². The Labute approximate surface area is 92.1 Å². The number of nitrogens with zero attached hydrogens (tertiary/aromatic N) is 2. The average molecular weight is 291 g/mol. The quantitative estimate of drug-likeness (QED) is 0.800. The predicted octanol–water partition coefficient (Wildman–Crippen LogP) is 1.84. The van der Waals surface area contributed by atoms with E-state index in [1.807, 2.05) is 6.20 Å². The standard InChI is InChI=1S/C9H14IN3/c1-13-8(10)6-12-9(13)7-4-2-3-5-11-7/h6-7,11H,2-5H2,1H3. The van der Waals surface area contributed by atoms with E-state index in [2.05, 4.69) is 44.5 Å². The first-order chi connectivity index (χ1) is 6.29. The predicted molar refractivity (Wildman–Crippen MR) is 60.5 cm³/mol. The van der Waals surface area contributed by atoms with E-state index in [0.717, 1.165) is 6.54 Å². The fourth-order valence-electron chi connectivity index (χ4n) is 1.80. The molecule has 0 aliphatic carbocycles. The zero-order valence-corrected chi connectivity index (χ0v) is 9.91. The highest BCUT2D eigenvalue weighted by Crippen LogP contribution is 2.22. The summed E-state index contributed by atoms with van der Waals surface area (Å²) in [5.41, 5.74) is 0. The van der Waals surface area contributed by atoms with E-state index >= 15 is 0 Å². The van der Waals surface area contributed by atoms with Crippen molar-refractivity contribution in [1.29, 1.82) is 0 Å². The van der Waals surface area contributed by atoms with E-state index < -0.39 is 0 Å². The summed E-state index contributed by atoms with van der Waals surface area (Å²) >= 11 is 2.31. The Morgan fingerprint density at radius 3 is 3.00 bits per heavy atom. The van der Waals surface area contributed by atoms with E-state index in [4.69, 9.17) is 0 Å². The zero-order chi connectivity index (χ0) is 9.26. The van der Waals surface area contributed by atoms with Gasteiger partial charge in [-0.25, -0.2) is 4.98 Å². The Kier molecular flexibility index (Phi) is 2.88. The molecule has 1 N–H and O–H groups in total. The molecule has 0 amide bonds. The minimum absolute atomic E-state index is 0.474. The summed E-state index contributed by atoms with van der Waals surface area (Å²) in [4.78, 5) is 4.43. The lowest BCUT2D eigenvalue weighted by atomic mass is 10.0. The van der Waals surface area contributed by atoms with E-state index in [1.54, 1.807) is 0 Å². The summed E-state index contributed by atoms with van der Waals surface area (Å²) < 4.78 is 3.38. The van der Waals surface area contributed by atoms with Gasteiger partial charge in [0.15, 0.2) is 0 Å². The SMILES string of the molecule is Cn1c(I)cnc1C1CCCCN1. The molecular formula is C9H14IN3. The van der Waals surface area contributed by atoms with Crippen LogP contribution in [-0.2, 0) is 7.05 Å². The van der Waals surface area contributed by atoms with Gasteiger partial charge in [0.2, 0.25) is 0 Å². The fraction of sp³-hybridized carbons (Fsp3) is 0.667. The van der Waals surface area contributed by atoms with Crippen molar-refractivity contribution in [3.8, 4) is 0 Å². The van der Waals surface area contributed by atoms with Crippen molar-refractivity contribution < 1.29 is 0 Å². The van der Waals surface area contributed by atoms with Gasteiger partial charge < -0.3 is 9.88 Å². The van der Waals surface area contributed by atoms with Gasteiger partial charge in [-0.05, 0) is 42.0 Å². The molecule has 13 heavy (non-hydrogen) atoms. The van der Waals surface area contributed by atoms with Gasteiger partial charge in [-0.15, -0.1) is 0 Å². The summed E-state index contributed by atoms with van der Waals surface area (Å²) in [6.45, 7) is 1.13. The molecule has 1 fully saturated rings. The van der Waals surface area contributed by atoms with Crippen LogP contribution in [0.25, 0.3) is 0 Å². The minimum Gasteiger partial charge on any atom is -0.325 e. The molecule has 0 radical (unpaired) electrons. The number of hydrogen-bond donors (Lipinski definition) is 1. The van der Waals surface area contributed by atoms with Crippen LogP contribution in [-0.4, -0.2) is 16.1 Å². The lowest BCUT2D eigenvalue weighted by molar-refractivity contribution is 0.390. The highest BCUT2D eigenvalue weighted by Gasteiger charge is 2.19. The third-order valence-corrected chi connectivity index (χ3v) is 3.59. The maximum Gasteiger partial charge on any atom is 0.126 e. The average Bonchev–Trinajstić information content (AvgIpc) is 2.49. The van der Waals surface area contributed by atoms with Crippen LogP contribution < -0.4 is 5.32 Å². The van der Waals surface area contributed by atoms with E-state index in [-0.39, 0.29) is 0 Å². The summed E-state index contributed by atoms with van der Waals surface area (Å²) in [6, 6.07) is 0.474. The number of hydrogen-bond acceptors (Lipinski definition) is 2. The van der Waals surface area contributed by atoms with Crippen LogP contribution in [0, 0.1) is 3.70 Å². The van der Waals surface area contributed by atoms with Crippen molar-refractivity contribution >= 4 is 22.6 Å². The van der Waals surface area contributed by atoms with Crippen molar-refractivity contribution in [2.24, 2.45) is 7.05 Å². The van der Waals surface area contributed by atoms with Crippen LogP contribution in [0.1, 0.15) is 31.1 Å². The highest BCUT2D eigenvalue weighted by atomic mass is 127.